The number of anilines is 2. The molecule has 38 heavy (non-hydrogen) atoms. The van der Waals surface area contributed by atoms with Gasteiger partial charge in [-0.15, -0.1) is 11.3 Å². The molecule has 0 saturated heterocycles. The van der Waals surface area contributed by atoms with Crippen molar-refractivity contribution in [3.8, 4) is 10.6 Å². The van der Waals surface area contributed by atoms with Crippen molar-refractivity contribution in [3.05, 3.63) is 51.5 Å². The molecular weight excluding hydrogens is 514 g/mol. The van der Waals surface area contributed by atoms with Crippen molar-refractivity contribution in [3.63, 3.8) is 0 Å². The standard InChI is InChI=1S/C29H31N5O2S2/c35-28-27-25(38(36)10-9-34(28)20-5-6-20)13-24(37-27)26-22(17-3-4-17)15-31-29(33-26)32-23-12-18-7-8-30-14-19(18)11-21(23)16-1-2-16/h11-13,15-17,20,30H,1-10,14H2,(H,31,32,33). The van der Waals surface area contributed by atoms with Crippen LogP contribution in [0.3, 0.4) is 0 Å². The monoisotopic (exact) mass is 545 g/mol. The molecule has 0 radical (unpaired) electrons. The van der Waals surface area contributed by atoms with Crippen LogP contribution in [-0.2, 0) is 23.8 Å². The summed E-state index contributed by atoms with van der Waals surface area (Å²) in [7, 11) is -1.17. The maximum atomic E-state index is 13.4. The number of benzene rings is 1. The summed E-state index contributed by atoms with van der Waals surface area (Å²) in [6.45, 7) is 2.53. The Labute approximate surface area is 228 Å². The number of aromatic nitrogens is 2. The van der Waals surface area contributed by atoms with Crippen LogP contribution >= 0.6 is 11.3 Å². The van der Waals surface area contributed by atoms with Gasteiger partial charge in [0, 0.05) is 42.3 Å². The fourth-order valence-corrected chi connectivity index (χ4v) is 8.55. The molecule has 196 valence electrons. The Morgan fingerprint density at radius 2 is 1.84 bits per heavy atom. The minimum Gasteiger partial charge on any atom is -0.334 e. The van der Waals surface area contributed by atoms with Gasteiger partial charge in [-0.2, -0.15) is 0 Å². The predicted octanol–water partition coefficient (Wildman–Crippen LogP) is 5.08. The minimum atomic E-state index is -1.17. The first-order valence-electron chi connectivity index (χ1n) is 14.0. The first-order chi connectivity index (χ1) is 18.6. The van der Waals surface area contributed by atoms with Gasteiger partial charge in [0.05, 0.1) is 26.3 Å². The molecule has 1 atom stereocenters. The number of rotatable bonds is 6. The summed E-state index contributed by atoms with van der Waals surface area (Å²) < 4.78 is 13.1. The maximum Gasteiger partial charge on any atom is 0.265 e. The van der Waals surface area contributed by atoms with Crippen LogP contribution < -0.4 is 10.6 Å². The zero-order chi connectivity index (χ0) is 25.4. The van der Waals surface area contributed by atoms with Crippen molar-refractivity contribution < 1.29 is 9.00 Å². The van der Waals surface area contributed by atoms with E-state index >= 15 is 0 Å². The van der Waals surface area contributed by atoms with Gasteiger partial charge < -0.3 is 15.5 Å². The molecule has 5 aliphatic rings. The zero-order valence-corrected chi connectivity index (χ0v) is 22.9. The Kier molecular flexibility index (Phi) is 5.49. The molecule has 3 saturated carbocycles. The lowest BCUT2D eigenvalue weighted by Gasteiger charge is -2.21. The molecule has 1 aromatic carbocycles. The van der Waals surface area contributed by atoms with Crippen molar-refractivity contribution in [2.24, 2.45) is 0 Å². The highest BCUT2D eigenvalue weighted by Crippen LogP contribution is 2.48. The fourth-order valence-electron chi connectivity index (χ4n) is 5.92. The van der Waals surface area contributed by atoms with Gasteiger partial charge in [0.2, 0.25) is 5.95 Å². The summed E-state index contributed by atoms with van der Waals surface area (Å²) in [6, 6.07) is 6.98. The number of fused-ring (bicyclic) bond motifs is 2. The van der Waals surface area contributed by atoms with Crippen LogP contribution in [0, 0.1) is 0 Å². The Balaban J connectivity index is 1.18. The molecule has 4 heterocycles. The fraction of sp³-hybridized carbons (Fsp3) is 0.483. The number of hydrogen-bond acceptors (Lipinski definition) is 7. The molecule has 7 nitrogen and oxygen atoms in total. The van der Waals surface area contributed by atoms with Crippen molar-refractivity contribution in [1.29, 1.82) is 0 Å². The van der Waals surface area contributed by atoms with Gasteiger partial charge in [-0.3, -0.25) is 9.00 Å². The van der Waals surface area contributed by atoms with Gasteiger partial charge >= 0.3 is 0 Å². The highest BCUT2D eigenvalue weighted by atomic mass is 32.2. The number of carbonyl (C=O) groups excluding carboxylic acids is 1. The second-order valence-electron chi connectivity index (χ2n) is 11.4. The third-order valence-electron chi connectivity index (χ3n) is 8.49. The summed E-state index contributed by atoms with van der Waals surface area (Å²) in [5, 5.41) is 7.08. The van der Waals surface area contributed by atoms with Gasteiger partial charge in [0.1, 0.15) is 4.88 Å². The smallest absolute Gasteiger partial charge is 0.265 e. The van der Waals surface area contributed by atoms with Crippen LogP contribution in [0.4, 0.5) is 11.6 Å². The highest BCUT2D eigenvalue weighted by Gasteiger charge is 2.38. The lowest BCUT2D eigenvalue weighted by Crippen LogP contribution is -2.33. The van der Waals surface area contributed by atoms with E-state index in [-0.39, 0.29) is 5.91 Å². The SMILES string of the molecule is O=C1c2sc(-c3nc(Nc4cc5c(cc4C4CC4)CNCC5)ncc3C3CC3)cc2S(=O)CCN1C1CC1. The van der Waals surface area contributed by atoms with E-state index in [1.54, 1.807) is 0 Å². The van der Waals surface area contributed by atoms with Crippen molar-refractivity contribution >= 4 is 39.7 Å². The maximum absolute atomic E-state index is 13.4. The molecular formula is C29H31N5O2S2. The number of amides is 1. The van der Waals surface area contributed by atoms with E-state index in [1.807, 2.05) is 17.2 Å². The third kappa shape index (κ3) is 4.19. The molecule has 9 heteroatoms. The number of nitrogens with zero attached hydrogens (tertiary/aromatic N) is 3. The first-order valence-corrected chi connectivity index (χ1v) is 16.1. The summed E-state index contributed by atoms with van der Waals surface area (Å²) in [4.78, 5) is 27.5. The van der Waals surface area contributed by atoms with E-state index in [9.17, 15) is 9.00 Å². The van der Waals surface area contributed by atoms with Crippen LogP contribution in [0.1, 0.15) is 82.3 Å². The Morgan fingerprint density at radius 1 is 1.03 bits per heavy atom. The van der Waals surface area contributed by atoms with E-state index < -0.39 is 10.8 Å². The number of nitrogens with one attached hydrogen (secondary N) is 2. The molecule has 2 N–H and O–H groups in total. The summed E-state index contributed by atoms with van der Waals surface area (Å²) in [6.07, 6.45) is 9.86. The van der Waals surface area contributed by atoms with Crippen LogP contribution in [-0.4, -0.2) is 49.9 Å². The van der Waals surface area contributed by atoms with Gasteiger partial charge in [-0.1, -0.05) is 6.07 Å². The molecule has 3 fully saturated rings. The number of thiophene rings is 1. The van der Waals surface area contributed by atoms with E-state index in [4.69, 9.17) is 9.97 Å². The number of hydrogen-bond donors (Lipinski definition) is 2. The second kappa shape index (κ2) is 8.96. The molecule has 0 spiro atoms. The Morgan fingerprint density at radius 3 is 2.63 bits per heavy atom. The summed E-state index contributed by atoms with van der Waals surface area (Å²) >= 11 is 1.46. The quantitative estimate of drug-likeness (QED) is 0.450. The predicted molar refractivity (Wildman–Crippen MR) is 150 cm³/mol. The minimum absolute atomic E-state index is 0.0441. The van der Waals surface area contributed by atoms with E-state index in [1.165, 1.54) is 40.9 Å². The normalized spacial score (nSPS) is 23.1. The molecule has 1 amide bonds. The molecule has 8 rings (SSSR count). The molecule has 2 aromatic heterocycles. The molecule has 3 aromatic rings. The topological polar surface area (TPSA) is 87.2 Å². The van der Waals surface area contributed by atoms with Crippen LogP contribution in [0.15, 0.2) is 29.3 Å². The van der Waals surface area contributed by atoms with Gasteiger partial charge in [0.15, 0.2) is 0 Å². The van der Waals surface area contributed by atoms with Gasteiger partial charge in [0.25, 0.3) is 5.91 Å². The lowest BCUT2D eigenvalue weighted by atomic mass is 9.95. The van der Waals surface area contributed by atoms with Crippen LogP contribution in [0.2, 0.25) is 0 Å². The molecule has 1 unspecified atom stereocenters. The van der Waals surface area contributed by atoms with Gasteiger partial charge in [-0.25, -0.2) is 9.97 Å². The van der Waals surface area contributed by atoms with Crippen LogP contribution in [0.25, 0.3) is 10.6 Å². The Hall–Kier alpha value is -2.62. The largest absolute Gasteiger partial charge is 0.334 e. The highest BCUT2D eigenvalue weighted by molar-refractivity contribution is 7.85. The number of carbonyl (C=O) groups is 1. The average Bonchev–Trinajstić information content (AvgIpc) is 3.78. The van der Waals surface area contributed by atoms with Crippen molar-refractivity contribution in [2.45, 2.75) is 74.3 Å². The van der Waals surface area contributed by atoms with Gasteiger partial charge in [-0.05, 0) is 92.1 Å². The molecule has 0 bridgehead atoms. The average molecular weight is 546 g/mol. The molecule has 2 aliphatic heterocycles. The third-order valence-corrected chi connectivity index (χ3v) is 11.1. The second-order valence-corrected chi connectivity index (χ2v) is 14.0. The lowest BCUT2D eigenvalue weighted by molar-refractivity contribution is 0.0758. The van der Waals surface area contributed by atoms with Crippen molar-refractivity contribution in [2.75, 3.05) is 24.2 Å². The van der Waals surface area contributed by atoms with Crippen LogP contribution in [0.5, 0.6) is 0 Å². The van der Waals surface area contributed by atoms with E-state index in [0.717, 1.165) is 67.0 Å². The summed E-state index contributed by atoms with van der Waals surface area (Å²) in [5.74, 6) is 2.22. The van der Waals surface area contributed by atoms with E-state index in [0.29, 0.717) is 45.9 Å². The molecule has 3 aliphatic carbocycles. The van der Waals surface area contributed by atoms with Crippen molar-refractivity contribution in [1.82, 2.24) is 20.2 Å². The first kappa shape index (κ1) is 23.3. The Bertz CT molecular complexity index is 1490. The zero-order valence-electron chi connectivity index (χ0n) is 21.3. The summed E-state index contributed by atoms with van der Waals surface area (Å²) in [5.41, 5.74) is 7.33. The van der Waals surface area contributed by atoms with E-state index in [2.05, 4.69) is 22.8 Å².